The Hall–Kier alpha value is -0.480. The Morgan fingerprint density at radius 3 is 3.08 bits per heavy atom. The first-order valence-corrected chi connectivity index (χ1v) is 5.42. The van der Waals surface area contributed by atoms with Gasteiger partial charge >= 0.3 is 0 Å². The van der Waals surface area contributed by atoms with Gasteiger partial charge in [0.05, 0.1) is 4.90 Å². The molecule has 62 valence electrons. The molecule has 0 saturated carbocycles. The van der Waals surface area contributed by atoms with Gasteiger partial charge in [0.25, 0.3) is 4.80 Å². The van der Waals surface area contributed by atoms with E-state index in [9.17, 15) is 0 Å². The summed E-state index contributed by atoms with van der Waals surface area (Å²) in [6.45, 7) is 0. The number of fused-ring (bicyclic) bond motifs is 1. The molecule has 0 atom stereocenters. The van der Waals surface area contributed by atoms with Crippen LogP contribution in [0, 0.1) is 0 Å². The number of aromatic nitrogens is 1. The monoisotopic (exact) mass is 243 g/mol. The first kappa shape index (κ1) is 8.13. The van der Waals surface area contributed by atoms with E-state index in [0.717, 1.165) is 16.0 Å². The average molecular weight is 244 g/mol. The Labute approximate surface area is 82.5 Å². The molecule has 1 heterocycles. The van der Waals surface area contributed by atoms with E-state index >= 15 is 0 Å². The van der Waals surface area contributed by atoms with Crippen molar-refractivity contribution in [3.05, 3.63) is 23.0 Å². The largest absolute Gasteiger partial charge is 0.430 e. The topological polar surface area (TPSA) is 26.0 Å². The maximum absolute atomic E-state index is 5.37. The van der Waals surface area contributed by atoms with Crippen molar-refractivity contribution in [2.24, 2.45) is 0 Å². The van der Waals surface area contributed by atoms with E-state index < -0.39 is 0 Å². The lowest BCUT2D eigenvalue weighted by Gasteiger charge is -1.93. The van der Waals surface area contributed by atoms with Gasteiger partial charge in [0.15, 0.2) is 5.58 Å². The van der Waals surface area contributed by atoms with Crippen molar-refractivity contribution in [1.82, 2.24) is 4.98 Å². The van der Waals surface area contributed by atoms with Gasteiger partial charge in [-0.15, -0.1) is 11.8 Å². The highest BCUT2D eigenvalue weighted by Crippen LogP contribution is 2.28. The smallest absolute Gasteiger partial charge is 0.265 e. The molecule has 0 aliphatic carbocycles. The fraction of sp³-hybridized carbons (Fsp3) is 0.125. The highest BCUT2D eigenvalue weighted by atomic mass is 79.9. The molecule has 1 aromatic heterocycles. The fourth-order valence-electron chi connectivity index (χ4n) is 1.06. The molecular formula is C8H6BrNOS. The van der Waals surface area contributed by atoms with Crippen molar-refractivity contribution in [3.8, 4) is 0 Å². The summed E-state index contributed by atoms with van der Waals surface area (Å²) in [6, 6.07) is 5.93. The van der Waals surface area contributed by atoms with Gasteiger partial charge in [-0.2, -0.15) is 0 Å². The van der Waals surface area contributed by atoms with E-state index in [4.69, 9.17) is 4.42 Å². The van der Waals surface area contributed by atoms with Crippen LogP contribution in [-0.2, 0) is 0 Å². The van der Waals surface area contributed by atoms with E-state index in [0.29, 0.717) is 4.80 Å². The maximum atomic E-state index is 5.37. The number of para-hydroxylation sites is 1. The lowest BCUT2D eigenvalue weighted by atomic mass is 10.3. The highest BCUT2D eigenvalue weighted by molar-refractivity contribution is 9.10. The molecule has 0 spiro atoms. The highest BCUT2D eigenvalue weighted by Gasteiger charge is 2.06. The van der Waals surface area contributed by atoms with E-state index in [-0.39, 0.29) is 0 Å². The van der Waals surface area contributed by atoms with Crippen LogP contribution in [0.4, 0.5) is 0 Å². The third-order valence-electron chi connectivity index (χ3n) is 1.57. The van der Waals surface area contributed by atoms with Crippen molar-refractivity contribution in [2.45, 2.75) is 4.90 Å². The molecule has 0 bridgehead atoms. The average Bonchev–Trinajstić information content (AvgIpc) is 2.44. The van der Waals surface area contributed by atoms with Crippen molar-refractivity contribution in [3.63, 3.8) is 0 Å². The molecule has 2 rings (SSSR count). The van der Waals surface area contributed by atoms with Crippen LogP contribution in [-0.4, -0.2) is 11.2 Å². The second-order valence-corrected chi connectivity index (χ2v) is 3.80. The molecule has 0 N–H and O–H groups in total. The molecule has 2 aromatic rings. The Bertz CT molecular complexity index is 412. The van der Waals surface area contributed by atoms with Crippen LogP contribution in [0.25, 0.3) is 11.1 Å². The molecule has 4 heteroatoms. The molecule has 0 saturated heterocycles. The van der Waals surface area contributed by atoms with Gasteiger partial charge in [0.1, 0.15) is 5.52 Å². The Kier molecular flexibility index (Phi) is 2.11. The number of rotatable bonds is 1. The molecule has 0 aliphatic rings. The molecule has 0 unspecified atom stereocenters. The van der Waals surface area contributed by atoms with Gasteiger partial charge in [0.2, 0.25) is 0 Å². The molecule has 0 aliphatic heterocycles. The van der Waals surface area contributed by atoms with E-state index in [1.54, 1.807) is 11.8 Å². The van der Waals surface area contributed by atoms with Crippen LogP contribution in [0.2, 0.25) is 0 Å². The van der Waals surface area contributed by atoms with Crippen LogP contribution >= 0.6 is 27.7 Å². The molecule has 0 fully saturated rings. The molecule has 1 aromatic carbocycles. The lowest BCUT2D eigenvalue weighted by Crippen LogP contribution is -1.70. The van der Waals surface area contributed by atoms with Crippen LogP contribution < -0.4 is 0 Å². The summed E-state index contributed by atoms with van der Waals surface area (Å²) in [7, 11) is 0. The first-order chi connectivity index (χ1) is 5.81. The van der Waals surface area contributed by atoms with E-state index in [2.05, 4.69) is 20.9 Å². The summed E-state index contributed by atoms with van der Waals surface area (Å²) in [6.07, 6.45) is 2.02. The van der Waals surface area contributed by atoms with Crippen molar-refractivity contribution >= 4 is 38.8 Å². The van der Waals surface area contributed by atoms with Crippen molar-refractivity contribution in [1.29, 1.82) is 0 Å². The van der Waals surface area contributed by atoms with Gasteiger partial charge in [-0.25, -0.2) is 4.98 Å². The zero-order chi connectivity index (χ0) is 8.55. The molecular weight excluding hydrogens is 238 g/mol. The number of benzene rings is 1. The quantitative estimate of drug-likeness (QED) is 0.720. The third kappa shape index (κ3) is 1.25. The van der Waals surface area contributed by atoms with Crippen LogP contribution in [0.15, 0.2) is 32.3 Å². The normalized spacial score (nSPS) is 10.8. The van der Waals surface area contributed by atoms with Gasteiger partial charge in [-0.3, -0.25) is 0 Å². The van der Waals surface area contributed by atoms with Crippen LogP contribution in [0.5, 0.6) is 0 Å². The number of hydrogen-bond donors (Lipinski definition) is 0. The minimum atomic E-state index is 0.541. The predicted molar refractivity (Wildman–Crippen MR) is 53.5 cm³/mol. The lowest BCUT2D eigenvalue weighted by molar-refractivity contribution is 0.564. The number of halogens is 1. The molecule has 0 radical (unpaired) electrons. The zero-order valence-corrected chi connectivity index (χ0v) is 8.78. The van der Waals surface area contributed by atoms with Crippen LogP contribution in [0.3, 0.4) is 0 Å². The van der Waals surface area contributed by atoms with Crippen LogP contribution in [0.1, 0.15) is 0 Å². The fourth-order valence-corrected chi connectivity index (χ4v) is 1.96. The van der Waals surface area contributed by atoms with Crippen molar-refractivity contribution < 1.29 is 4.42 Å². The zero-order valence-electron chi connectivity index (χ0n) is 6.37. The molecule has 12 heavy (non-hydrogen) atoms. The Morgan fingerprint density at radius 2 is 2.33 bits per heavy atom. The molecule has 0 amide bonds. The second kappa shape index (κ2) is 3.11. The summed E-state index contributed by atoms with van der Waals surface area (Å²) in [5, 5.41) is 0. The van der Waals surface area contributed by atoms with Gasteiger partial charge < -0.3 is 4.42 Å². The summed E-state index contributed by atoms with van der Waals surface area (Å²) in [5.41, 5.74) is 1.76. The summed E-state index contributed by atoms with van der Waals surface area (Å²) in [4.78, 5) is 5.82. The first-order valence-electron chi connectivity index (χ1n) is 3.40. The van der Waals surface area contributed by atoms with Crippen molar-refractivity contribution in [2.75, 3.05) is 6.26 Å². The summed E-state index contributed by atoms with van der Waals surface area (Å²) < 4.78 is 5.37. The van der Waals surface area contributed by atoms with Gasteiger partial charge in [0, 0.05) is 15.9 Å². The standard InChI is InChI=1S/C8H6BrNOS/c1-12-6-4-2-3-5-7(6)11-8(9)10-5/h2-4H,1H3. The minimum absolute atomic E-state index is 0.541. The maximum Gasteiger partial charge on any atom is 0.265 e. The van der Waals surface area contributed by atoms with E-state index in [1.807, 2.05) is 24.5 Å². The van der Waals surface area contributed by atoms with Gasteiger partial charge in [-0.1, -0.05) is 6.07 Å². The number of nitrogens with zero attached hydrogens (tertiary/aromatic N) is 1. The molecule has 2 nitrogen and oxygen atoms in total. The third-order valence-corrected chi connectivity index (χ3v) is 2.67. The Morgan fingerprint density at radius 1 is 1.50 bits per heavy atom. The van der Waals surface area contributed by atoms with Gasteiger partial charge in [-0.05, 0) is 18.4 Å². The number of thioether (sulfide) groups is 1. The number of hydrogen-bond acceptors (Lipinski definition) is 3. The van der Waals surface area contributed by atoms with E-state index in [1.165, 1.54) is 0 Å². The predicted octanol–water partition coefficient (Wildman–Crippen LogP) is 3.31. The summed E-state index contributed by atoms with van der Waals surface area (Å²) in [5.74, 6) is 0. The number of oxazole rings is 1. The minimum Gasteiger partial charge on any atom is -0.430 e. The SMILES string of the molecule is CSc1cccc2nc(Br)oc12. The Balaban J connectivity index is 2.78. The second-order valence-electron chi connectivity index (χ2n) is 2.28. The summed E-state index contributed by atoms with van der Waals surface area (Å²) >= 11 is 4.86.